The summed E-state index contributed by atoms with van der Waals surface area (Å²) in [4.78, 5) is 25.7. The number of aliphatic hydroxyl groups is 1. The molecule has 0 spiro atoms. The molecule has 0 rings (SSSR count). The van der Waals surface area contributed by atoms with Crippen molar-refractivity contribution in [2.75, 3.05) is 40.9 Å². The minimum Gasteiger partial charge on any atom is -0.756 e. The number of aliphatic hydroxyl groups excluding tert-OH is 1. The van der Waals surface area contributed by atoms with Crippen LogP contribution in [0.2, 0.25) is 0 Å². The van der Waals surface area contributed by atoms with Gasteiger partial charge in [0.2, 0.25) is 5.91 Å². The number of hydrogen-bond donors (Lipinski definition) is 2. The maximum atomic E-state index is 13.1. The van der Waals surface area contributed by atoms with Gasteiger partial charge in [-0.2, -0.15) is 0 Å². The number of nitrogens with zero attached hydrogens (tertiary/aromatic N) is 1. The summed E-state index contributed by atoms with van der Waals surface area (Å²) in [6.07, 6.45) is 87.2. The van der Waals surface area contributed by atoms with E-state index in [2.05, 4.69) is 43.5 Å². The second-order valence-corrected chi connectivity index (χ2v) is 28.8. The predicted octanol–water partition coefficient (Wildman–Crippen LogP) is 23.6. The van der Waals surface area contributed by atoms with Gasteiger partial charge in [0.1, 0.15) is 13.2 Å². The van der Waals surface area contributed by atoms with Crippen LogP contribution in [0.3, 0.4) is 0 Å². The molecule has 9 heteroatoms. The van der Waals surface area contributed by atoms with Gasteiger partial charge in [-0.3, -0.25) is 9.36 Å². The summed E-state index contributed by atoms with van der Waals surface area (Å²) in [6, 6.07) is -0.798. The third-order valence-corrected chi connectivity index (χ3v) is 18.7. The Morgan fingerprint density at radius 2 is 0.690 bits per heavy atom. The highest BCUT2D eigenvalue weighted by Crippen LogP contribution is 2.38. The first kappa shape index (κ1) is 83.0. The highest BCUT2D eigenvalue weighted by atomic mass is 31.2. The number of phosphoric ester groups is 1. The Labute approximate surface area is 525 Å². The number of carbonyl (C=O) groups excluding carboxylic acids is 1. The van der Waals surface area contributed by atoms with E-state index in [9.17, 15) is 19.4 Å². The standard InChI is InChI=1S/C75H149N2O6P/c1-6-8-10-12-14-16-18-20-22-24-26-28-29-30-31-32-33-34-35-36-37-38-39-40-41-42-43-44-45-46-47-49-51-53-55-57-59-61-63-65-67-69-75(79)76-73(72-83-84(80,81)82-71-70-77(3,4)5)74(78)68-66-64-62-60-58-56-54-52-50-48-27-25-23-21-19-17-15-13-11-9-7-2/h18,20,24,26,73-74,78H,6-17,19,21-23,25,27-72H2,1-5H3,(H-,76,79,80,81)/b20-18-,26-24-. The Bertz CT molecular complexity index is 1420. The van der Waals surface area contributed by atoms with Gasteiger partial charge in [0.25, 0.3) is 7.82 Å². The first-order valence-corrected chi connectivity index (χ1v) is 39.1. The molecule has 3 atom stereocenters. The molecule has 0 heterocycles. The fourth-order valence-electron chi connectivity index (χ4n) is 11.8. The summed E-state index contributed by atoms with van der Waals surface area (Å²) >= 11 is 0. The first-order chi connectivity index (χ1) is 41.0. The van der Waals surface area contributed by atoms with Crippen molar-refractivity contribution in [3.63, 3.8) is 0 Å². The van der Waals surface area contributed by atoms with Gasteiger partial charge in [0.15, 0.2) is 0 Å². The summed E-state index contributed by atoms with van der Waals surface area (Å²) in [5, 5.41) is 14.1. The number of phosphoric acid groups is 1. The molecule has 500 valence electrons. The molecule has 0 aromatic heterocycles. The van der Waals surface area contributed by atoms with E-state index in [1.54, 1.807) is 0 Å². The van der Waals surface area contributed by atoms with E-state index in [0.29, 0.717) is 23.9 Å². The molecule has 0 bridgehead atoms. The van der Waals surface area contributed by atoms with Crippen molar-refractivity contribution >= 4 is 13.7 Å². The number of rotatable bonds is 71. The lowest BCUT2D eigenvalue weighted by atomic mass is 10.0. The van der Waals surface area contributed by atoms with Crippen LogP contribution in [0.4, 0.5) is 0 Å². The van der Waals surface area contributed by atoms with Gasteiger partial charge in [-0.15, -0.1) is 0 Å². The van der Waals surface area contributed by atoms with Gasteiger partial charge in [0.05, 0.1) is 39.9 Å². The van der Waals surface area contributed by atoms with Crippen molar-refractivity contribution in [2.24, 2.45) is 0 Å². The van der Waals surface area contributed by atoms with Gasteiger partial charge in [-0.25, -0.2) is 0 Å². The lowest BCUT2D eigenvalue weighted by molar-refractivity contribution is -0.870. The van der Waals surface area contributed by atoms with Crippen LogP contribution in [-0.2, 0) is 18.4 Å². The zero-order chi connectivity index (χ0) is 61.2. The zero-order valence-corrected chi connectivity index (χ0v) is 58.3. The number of unbranched alkanes of at least 4 members (excludes halogenated alkanes) is 54. The van der Waals surface area contributed by atoms with Crippen LogP contribution in [0.1, 0.15) is 399 Å². The van der Waals surface area contributed by atoms with Gasteiger partial charge in [-0.05, 0) is 44.9 Å². The second-order valence-electron chi connectivity index (χ2n) is 27.4. The second kappa shape index (κ2) is 66.4. The highest BCUT2D eigenvalue weighted by Gasteiger charge is 2.24. The molecular weight excluding hydrogens is 1060 g/mol. The number of nitrogens with one attached hydrogen (secondary N) is 1. The van der Waals surface area contributed by atoms with Gasteiger partial charge in [0, 0.05) is 6.42 Å². The molecule has 0 saturated heterocycles. The molecule has 1 amide bonds. The minimum atomic E-state index is -4.58. The van der Waals surface area contributed by atoms with E-state index in [4.69, 9.17) is 9.05 Å². The summed E-state index contributed by atoms with van der Waals surface area (Å²) in [6.45, 7) is 4.78. The van der Waals surface area contributed by atoms with E-state index < -0.39 is 20.0 Å². The number of amides is 1. The maximum Gasteiger partial charge on any atom is 0.268 e. The van der Waals surface area contributed by atoms with E-state index in [1.165, 1.54) is 327 Å². The van der Waals surface area contributed by atoms with Crippen LogP contribution < -0.4 is 10.2 Å². The summed E-state index contributed by atoms with van der Waals surface area (Å²) in [7, 11) is 1.33. The molecule has 8 nitrogen and oxygen atoms in total. The smallest absolute Gasteiger partial charge is 0.268 e. The molecular formula is C75H149N2O6P. The van der Waals surface area contributed by atoms with Gasteiger partial charge < -0.3 is 28.8 Å². The Hall–Kier alpha value is -1.02. The molecule has 84 heavy (non-hydrogen) atoms. The molecule has 0 aliphatic carbocycles. The Balaban J connectivity index is 3.85. The zero-order valence-electron chi connectivity index (χ0n) is 57.4. The molecule has 3 unspecified atom stereocenters. The summed E-state index contributed by atoms with van der Waals surface area (Å²) in [5.41, 5.74) is 0. The van der Waals surface area contributed by atoms with Gasteiger partial charge >= 0.3 is 0 Å². The van der Waals surface area contributed by atoms with E-state index in [0.717, 1.165) is 44.9 Å². The normalized spacial score (nSPS) is 13.7. The first-order valence-electron chi connectivity index (χ1n) is 37.7. The summed E-state index contributed by atoms with van der Waals surface area (Å²) < 4.78 is 23.5. The quantitative estimate of drug-likeness (QED) is 0.0272. The van der Waals surface area contributed by atoms with Crippen molar-refractivity contribution in [2.45, 2.75) is 411 Å². The highest BCUT2D eigenvalue weighted by molar-refractivity contribution is 7.45. The number of allylic oxidation sites excluding steroid dienone is 4. The molecule has 0 aliphatic rings. The fraction of sp³-hybridized carbons (Fsp3) is 0.933. The number of likely N-dealkylation sites (N-methyl/N-ethyl adjacent to an activating group) is 1. The average molecular weight is 1210 g/mol. The van der Waals surface area contributed by atoms with Crippen LogP contribution in [0.15, 0.2) is 24.3 Å². The largest absolute Gasteiger partial charge is 0.756 e. The minimum absolute atomic E-state index is 0.0158. The molecule has 0 saturated carbocycles. The van der Waals surface area contributed by atoms with Crippen molar-refractivity contribution in [1.82, 2.24) is 5.32 Å². The van der Waals surface area contributed by atoms with Crippen molar-refractivity contribution in [1.29, 1.82) is 0 Å². The lowest BCUT2D eigenvalue weighted by Crippen LogP contribution is -2.46. The fourth-order valence-corrected chi connectivity index (χ4v) is 12.6. The Morgan fingerprint density at radius 1 is 0.417 bits per heavy atom. The lowest BCUT2D eigenvalue weighted by Gasteiger charge is -2.30. The number of hydrogen-bond acceptors (Lipinski definition) is 6. The molecule has 0 fully saturated rings. The van der Waals surface area contributed by atoms with Crippen molar-refractivity contribution in [3.05, 3.63) is 24.3 Å². The van der Waals surface area contributed by atoms with E-state index >= 15 is 0 Å². The molecule has 0 aliphatic heterocycles. The summed E-state index contributed by atoms with van der Waals surface area (Å²) in [5.74, 6) is -0.155. The molecule has 0 aromatic rings. The number of carbonyl (C=O) groups is 1. The van der Waals surface area contributed by atoms with Gasteiger partial charge in [-0.1, -0.05) is 372 Å². The monoisotopic (exact) mass is 1210 g/mol. The predicted molar refractivity (Wildman–Crippen MR) is 367 cm³/mol. The molecule has 2 N–H and O–H groups in total. The Morgan fingerprint density at radius 3 is 0.988 bits per heavy atom. The van der Waals surface area contributed by atoms with E-state index in [-0.39, 0.29) is 19.1 Å². The van der Waals surface area contributed by atoms with Crippen molar-refractivity contribution < 1.29 is 32.9 Å². The number of quaternary nitrogens is 1. The topological polar surface area (TPSA) is 108 Å². The molecule has 0 radical (unpaired) electrons. The SMILES string of the molecule is CCCCCCC/C=C\C/C=C\CCCCCCCCCCCCCCCCCCCCCCCCCCCCCCCC(=O)NC(COP(=O)([O-])OCC[N+](C)(C)C)C(O)CCCCCCCCCCCCCCCCCCCCCCC. The third-order valence-electron chi connectivity index (χ3n) is 17.7. The third kappa shape index (κ3) is 68.5. The van der Waals surface area contributed by atoms with Crippen LogP contribution in [0, 0.1) is 0 Å². The van der Waals surface area contributed by atoms with Crippen LogP contribution in [0.25, 0.3) is 0 Å². The van der Waals surface area contributed by atoms with Crippen LogP contribution in [0.5, 0.6) is 0 Å². The van der Waals surface area contributed by atoms with Crippen LogP contribution in [-0.4, -0.2) is 68.5 Å². The van der Waals surface area contributed by atoms with Crippen molar-refractivity contribution in [3.8, 4) is 0 Å². The Kier molecular flexibility index (Phi) is 65.6. The van der Waals surface area contributed by atoms with Crippen LogP contribution >= 0.6 is 7.82 Å². The average Bonchev–Trinajstić information content (AvgIpc) is 3.56. The maximum absolute atomic E-state index is 13.1. The van der Waals surface area contributed by atoms with E-state index in [1.807, 2.05) is 21.1 Å². The molecule has 0 aromatic carbocycles.